The molecule has 2 N–H and O–H groups in total. The number of hydrogen-bond donors (Lipinski definition) is 2. The Bertz CT molecular complexity index is 341. The van der Waals surface area contributed by atoms with Gasteiger partial charge in [-0.3, -0.25) is 15.6 Å². The lowest BCUT2D eigenvalue weighted by atomic mass is 10.2. The minimum atomic E-state index is -0.124. The highest BCUT2D eigenvalue weighted by Gasteiger charge is 2.06. The quantitative estimate of drug-likeness (QED) is 0.711. The molecule has 1 aromatic heterocycles. The fourth-order valence-corrected chi connectivity index (χ4v) is 0.778. The standard InChI is InChI=1S/C9H14N4O2/c1-6(2)8(14)12-13-9-10-5-4-7(11-9)15-3/h4-6H,1-3H3,(H,12,14)(H,10,11,13). The van der Waals surface area contributed by atoms with Gasteiger partial charge in [-0.05, 0) is 0 Å². The Morgan fingerprint density at radius 3 is 2.87 bits per heavy atom. The Kier molecular flexibility index (Phi) is 3.84. The predicted molar refractivity (Wildman–Crippen MR) is 55.2 cm³/mol. The van der Waals surface area contributed by atoms with E-state index in [1.807, 2.05) is 0 Å². The minimum absolute atomic E-state index is 0.0943. The highest BCUT2D eigenvalue weighted by molar-refractivity contribution is 5.78. The summed E-state index contributed by atoms with van der Waals surface area (Å²) in [5.41, 5.74) is 5.08. The van der Waals surface area contributed by atoms with Crippen LogP contribution in [0.5, 0.6) is 5.88 Å². The van der Waals surface area contributed by atoms with Gasteiger partial charge in [-0.2, -0.15) is 4.98 Å². The molecule has 82 valence electrons. The lowest BCUT2D eigenvalue weighted by molar-refractivity contribution is -0.123. The van der Waals surface area contributed by atoms with E-state index in [0.717, 1.165) is 0 Å². The second kappa shape index (κ2) is 5.14. The van der Waals surface area contributed by atoms with Crippen molar-refractivity contribution in [3.05, 3.63) is 12.3 Å². The number of anilines is 1. The van der Waals surface area contributed by atoms with Gasteiger partial charge in [0.05, 0.1) is 7.11 Å². The van der Waals surface area contributed by atoms with E-state index >= 15 is 0 Å². The van der Waals surface area contributed by atoms with Gasteiger partial charge in [0.1, 0.15) is 0 Å². The molecule has 0 spiro atoms. The van der Waals surface area contributed by atoms with Gasteiger partial charge in [-0.15, -0.1) is 0 Å². The third-order valence-corrected chi connectivity index (χ3v) is 1.66. The van der Waals surface area contributed by atoms with Crippen LogP contribution in [0, 0.1) is 5.92 Å². The van der Waals surface area contributed by atoms with Crippen molar-refractivity contribution in [2.75, 3.05) is 12.5 Å². The van der Waals surface area contributed by atoms with Gasteiger partial charge in [-0.1, -0.05) is 13.8 Å². The van der Waals surface area contributed by atoms with Crippen molar-refractivity contribution >= 4 is 11.9 Å². The van der Waals surface area contributed by atoms with Gasteiger partial charge in [-0.25, -0.2) is 4.98 Å². The highest BCUT2D eigenvalue weighted by atomic mass is 16.5. The van der Waals surface area contributed by atoms with E-state index in [0.29, 0.717) is 11.8 Å². The number of hydrazine groups is 1. The highest BCUT2D eigenvalue weighted by Crippen LogP contribution is 2.06. The maximum absolute atomic E-state index is 11.2. The number of methoxy groups -OCH3 is 1. The third-order valence-electron chi connectivity index (χ3n) is 1.66. The molecule has 0 unspecified atom stereocenters. The van der Waals surface area contributed by atoms with Gasteiger partial charge < -0.3 is 4.74 Å². The van der Waals surface area contributed by atoms with Gasteiger partial charge in [0.2, 0.25) is 17.7 Å². The van der Waals surface area contributed by atoms with Crippen LogP contribution in [0.25, 0.3) is 0 Å². The second-order valence-corrected chi connectivity index (χ2v) is 3.19. The molecular formula is C9H14N4O2. The predicted octanol–water partition coefficient (Wildman–Crippen LogP) is 0.584. The molecule has 0 aromatic carbocycles. The molecule has 0 aliphatic carbocycles. The topological polar surface area (TPSA) is 76.1 Å². The zero-order valence-electron chi connectivity index (χ0n) is 8.94. The molecule has 0 bridgehead atoms. The number of aromatic nitrogens is 2. The average Bonchev–Trinajstić information content (AvgIpc) is 2.26. The Morgan fingerprint density at radius 1 is 1.53 bits per heavy atom. The first-order valence-electron chi connectivity index (χ1n) is 4.56. The van der Waals surface area contributed by atoms with Crippen LogP contribution in [0.4, 0.5) is 5.95 Å². The van der Waals surface area contributed by atoms with Crippen molar-refractivity contribution in [2.45, 2.75) is 13.8 Å². The van der Waals surface area contributed by atoms with Gasteiger partial charge in [0.25, 0.3) is 0 Å². The zero-order valence-corrected chi connectivity index (χ0v) is 8.94. The lowest BCUT2D eigenvalue weighted by Crippen LogP contribution is -2.33. The summed E-state index contributed by atoms with van der Waals surface area (Å²) in [6.07, 6.45) is 1.54. The molecule has 0 saturated carbocycles. The fourth-order valence-electron chi connectivity index (χ4n) is 0.778. The molecular weight excluding hydrogens is 196 g/mol. The van der Waals surface area contributed by atoms with E-state index < -0.39 is 0 Å². The van der Waals surface area contributed by atoms with Crippen LogP contribution in [-0.2, 0) is 4.79 Å². The fraction of sp³-hybridized carbons (Fsp3) is 0.444. The van der Waals surface area contributed by atoms with Crippen molar-refractivity contribution in [1.29, 1.82) is 0 Å². The van der Waals surface area contributed by atoms with Gasteiger partial charge in [0.15, 0.2) is 0 Å². The largest absolute Gasteiger partial charge is 0.481 e. The molecule has 0 aliphatic heterocycles. The first-order valence-corrected chi connectivity index (χ1v) is 4.56. The number of carbonyl (C=O) groups excluding carboxylic acids is 1. The van der Waals surface area contributed by atoms with E-state index in [1.165, 1.54) is 13.3 Å². The van der Waals surface area contributed by atoms with E-state index in [9.17, 15) is 4.79 Å². The molecule has 1 aromatic rings. The van der Waals surface area contributed by atoms with Crippen LogP contribution in [0.1, 0.15) is 13.8 Å². The summed E-state index contributed by atoms with van der Waals surface area (Å²) >= 11 is 0. The number of nitrogens with zero attached hydrogens (tertiary/aromatic N) is 2. The summed E-state index contributed by atoms with van der Waals surface area (Å²) < 4.78 is 4.91. The smallest absolute Gasteiger partial charge is 0.245 e. The molecule has 0 atom stereocenters. The molecule has 1 heterocycles. The molecule has 6 nitrogen and oxygen atoms in total. The van der Waals surface area contributed by atoms with Gasteiger partial charge in [0, 0.05) is 18.2 Å². The van der Waals surface area contributed by atoms with Crippen molar-refractivity contribution in [1.82, 2.24) is 15.4 Å². The average molecular weight is 210 g/mol. The summed E-state index contributed by atoms with van der Waals surface area (Å²) in [5.74, 6) is 0.513. The normalized spacial score (nSPS) is 9.87. The monoisotopic (exact) mass is 210 g/mol. The molecule has 1 amide bonds. The summed E-state index contributed by atoms with van der Waals surface area (Å²) in [6, 6.07) is 1.62. The van der Waals surface area contributed by atoms with Crippen LogP contribution in [0.2, 0.25) is 0 Å². The maximum Gasteiger partial charge on any atom is 0.245 e. The first kappa shape index (κ1) is 11.2. The number of ether oxygens (including phenoxy) is 1. The minimum Gasteiger partial charge on any atom is -0.481 e. The number of amides is 1. The van der Waals surface area contributed by atoms with Crippen molar-refractivity contribution in [2.24, 2.45) is 5.92 Å². The Labute approximate surface area is 88.0 Å². The lowest BCUT2D eigenvalue weighted by Gasteiger charge is -2.09. The molecule has 1 rings (SSSR count). The summed E-state index contributed by atoms with van der Waals surface area (Å²) in [4.78, 5) is 19.1. The second-order valence-electron chi connectivity index (χ2n) is 3.19. The summed E-state index contributed by atoms with van der Waals surface area (Å²) in [6.45, 7) is 3.59. The van der Waals surface area contributed by atoms with E-state index in [4.69, 9.17) is 4.74 Å². The molecule has 6 heteroatoms. The SMILES string of the molecule is COc1ccnc(NNC(=O)C(C)C)n1. The number of nitrogens with one attached hydrogen (secondary N) is 2. The number of carbonyl (C=O) groups is 1. The van der Waals surface area contributed by atoms with Crippen LogP contribution in [0.15, 0.2) is 12.3 Å². The molecule has 0 saturated heterocycles. The Morgan fingerprint density at radius 2 is 2.27 bits per heavy atom. The van der Waals surface area contributed by atoms with E-state index in [-0.39, 0.29) is 11.8 Å². The van der Waals surface area contributed by atoms with Crippen molar-refractivity contribution in [3.8, 4) is 5.88 Å². The van der Waals surface area contributed by atoms with Crippen molar-refractivity contribution in [3.63, 3.8) is 0 Å². The Balaban J connectivity index is 2.54. The van der Waals surface area contributed by atoms with E-state index in [1.54, 1.807) is 19.9 Å². The number of rotatable bonds is 4. The van der Waals surface area contributed by atoms with Crippen LogP contribution in [0.3, 0.4) is 0 Å². The van der Waals surface area contributed by atoms with E-state index in [2.05, 4.69) is 20.8 Å². The van der Waals surface area contributed by atoms with Crippen LogP contribution in [-0.4, -0.2) is 23.0 Å². The van der Waals surface area contributed by atoms with Crippen molar-refractivity contribution < 1.29 is 9.53 Å². The summed E-state index contributed by atoms with van der Waals surface area (Å²) in [7, 11) is 1.51. The molecule has 0 aliphatic rings. The molecule has 0 fully saturated rings. The summed E-state index contributed by atoms with van der Waals surface area (Å²) in [5, 5.41) is 0. The van der Waals surface area contributed by atoms with Gasteiger partial charge >= 0.3 is 0 Å². The zero-order chi connectivity index (χ0) is 11.3. The number of hydrogen-bond acceptors (Lipinski definition) is 5. The first-order chi connectivity index (χ1) is 7.13. The van der Waals surface area contributed by atoms with Crippen LogP contribution < -0.4 is 15.6 Å². The van der Waals surface area contributed by atoms with Crippen LogP contribution >= 0.6 is 0 Å². The third kappa shape index (κ3) is 3.41. The molecule has 0 radical (unpaired) electrons. The maximum atomic E-state index is 11.2. The molecule has 15 heavy (non-hydrogen) atoms. The Hall–Kier alpha value is -1.85.